The summed E-state index contributed by atoms with van der Waals surface area (Å²) in [6, 6.07) is 14.7. The smallest absolute Gasteiger partial charge is 0.294 e. The molecule has 1 saturated heterocycles. The van der Waals surface area contributed by atoms with Gasteiger partial charge in [-0.15, -0.1) is 0 Å². The molecule has 0 aromatic heterocycles. The van der Waals surface area contributed by atoms with Gasteiger partial charge in [0.15, 0.2) is 11.5 Å². The van der Waals surface area contributed by atoms with Gasteiger partial charge in [0, 0.05) is 11.3 Å². The summed E-state index contributed by atoms with van der Waals surface area (Å²) in [7, 11) is 1.44. The molecule has 0 spiro atoms. The van der Waals surface area contributed by atoms with E-state index in [0.717, 1.165) is 11.0 Å². The maximum Gasteiger partial charge on any atom is 0.294 e. The van der Waals surface area contributed by atoms with Gasteiger partial charge < -0.3 is 14.8 Å². The summed E-state index contributed by atoms with van der Waals surface area (Å²) in [6.45, 7) is -0.531. The van der Waals surface area contributed by atoms with Crippen LogP contribution in [-0.2, 0) is 16.2 Å². The lowest BCUT2D eigenvalue weighted by Crippen LogP contribution is -2.36. The van der Waals surface area contributed by atoms with Crippen LogP contribution in [0.4, 0.5) is 19.3 Å². The fraction of sp³-hybridized carbons (Fsp3) is 0.115. The van der Waals surface area contributed by atoms with E-state index in [1.165, 1.54) is 31.4 Å². The van der Waals surface area contributed by atoms with Crippen LogP contribution in [-0.4, -0.2) is 35.6 Å². The van der Waals surface area contributed by atoms with E-state index in [1.807, 2.05) is 0 Å². The third-order valence-electron chi connectivity index (χ3n) is 5.21. The van der Waals surface area contributed by atoms with Crippen LogP contribution in [0.15, 0.2) is 65.6 Å². The van der Waals surface area contributed by atoms with Gasteiger partial charge in [0.05, 0.1) is 17.0 Å². The number of amides is 3. The molecule has 3 amide bonds. The second-order valence-electron chi connectivity index (χ2n) is 7.74. The standard InChI is InChI=1S/C26H19ClF2N2O5S/c1-35-22-10-15(6-9-21(22)36-14-16-4-2-3-5-19(16)28)11-23-25(33)31(26(34)37-23)13-24(32)30-17-7-8-20(29)18(27)12-17/h2-12H,13-14H2,1H3,(H,30,32)/b23-11+. The molecule has 1 aliphatic heterocycles. The van der Waals surface area contributed by atoms with Crippen molar-refractivity contribution in [2.75, 3.05) is 19.0 Å². The summed E-state index contributed by atoms with van der Waals surface area (Å²) in [4.78, 5) is 38.5. The number of benzene rings is 3. The molecule has 0 unspecified atom stereocenters. The van der Waals surface area contributed by atoms with E-state index >= 15 is 0 Å². The monoisotopic (exact) mass is 544 g/mol. The van der Waals surface area contributed by atoms with Crippen molar-refractivity contribution in [3.63, 3.8) is 0 Å². The van der Waals surface area contributed by atoms with E-state index in [4.69, 9.17) is 21.1 Å². The van der Waals surface area contributed by atoms with Crippen molar-refractivity contribution in [1.29, 1.82) is 0 Å². The highest BCUT2D eigenvalue weighted by molar-refractivity contribution is 8.18. The first kappa shape index (κ1) is 26.2. The first-order chi connectivity index (χ1) is 17.7. The van der Waals surface area contributed by atoms with Gasteiger partial charge in [-0.3, -0.25) is 19.3 Å². The Labute approximate surface area is 220 Å². The summed E-state index contributed by atoms with van der Waals surface area (Å²) < 4.78 is 38.2. The average molecular weight is 545 g/mol. The number of thioether (sulfide) groups is 1. The number of halogens is 3. The highest BCUT2D eigenvalue weighted by Gasteiger charge is 2.36. The average Bonchev–Trinajstić information content (AvgIpc) is 3.13. The predicted octanol–water partition coefficient (Wildman–Crippen LogP) is 5.88. The van der Waals surface area contributed by atoms with Gasteiger partial charge in [-0.2, -0.15) is 0 Å². The second-order valence-corrected chi connectivity index (χ2v) is 9.14. The molecule has 0 atom stereocenters. The molecule has 1 aliphatic rings. The summed E-state index contributed by atoms with van der Waals surface area (Å²) in [5.41, 5.74) is 1.16. The van der Waals surface area contributed by atoms with E-state index in [2.05, 4.69) is 5.32 Å². The Morgan fingerprint density at radius 1 is 1.05 bits per heavy atom. The van der Waals surface area contributed by atoms with Crippen LogP contribution in [0.5, 0.6) is 11.5 Å². The zero-order chi connectivity index (χ0) is 26.5. The van der Waals surface area contributed by atoms with Crippen LogP contribution in [0.25, 0.3) is 6.08 Å². The molecule has 0 saturated carbocycles. The van der Waals surface area contributed by atoms with Crippen LogP contribution in [0.1, 0.15) is 11.1 Å². The van der Waals surface area contributed by atoms with Gasteiger partial charge in [0.2, 0.25) is 5.91 Å². The number of imide groups is 1. The molecule has 0 aliphatic carbocycles. The van der Waals surface area contributed by atoms with E-state index in [9.17, 15) is 23.2 Å². The first-order valence-corrected chi connectivity index (χ1v) is 12.0. The number of carbonyl (C=O) groups is 3. The molecule has 3 aromatic rings. The predicted molar refractivity (Wildman–Crippen MR) is 136 cm³/mol. The molecule has 1 N–H and O–H groups in total. The molecular weight excluding hydrogens is 526 g/mol. The molecule has 0 radical (unpaired) electrons. The summed E-state index contributed by atoms with van der Waals surface area (Å²) in [5.74, 6) is -1.60. The molecular formula is C26H19ClF2N2O5S. The number of hydrogen-bond acceptors (Lipinski definition) is 6. The van der Waals surface area contributed by atoms with Crippen LogP contribution in [0, 0.1) is 11.6 Å². The Hall–Kier alpha value is -3.89. The molecule has 7 nitrogen and oxygen atoms in total. The maximum absolute atomic E-state index is 13.9. The minimum Gasteiger partial charge on any atom is -0.493 e. The zero-order valence-electron chi connectivity index (χ0n) is 19.3. The molecule has 1 fully saturated rings. The van der Waals surface area contributed by atoms with Crippen molar-refractivity contribution in [2.24, 2.45) is 0 Å². The van der Waals surface area contributed by atoms with Crippen molar-refractivity contribution in [3.05, 3.63) is 93.4 Å². The second kappa shape index (κ2) is 11.4. The third-order valence-corrected chi connectivity index (χ3v) is 6.40. The van der Waals surface area contributed by atoms with Crippen LogP contribution < -0.4 is 14.8 Å². The number of rotatable bonds is 8. The number of anilines is 1. The van der Waals surface area contributed by atoms with E-state index in [1.54, 1.807) is 36.4 Å². The van der Waals surface area contributed by atoms with Crippen molar-refractivity contribution in [2.45, 2.75) is 6.61 Å². The van der Waals surface area contributed by atoms with Crippen LogP contribution >= 0.6 is 23.4 Å². The quantitative estimate of drug-likeness (QED) is 0.356. The van der Waals surface area contributed by atoms with Crippen molar-refractivity contribution >= 4 is 52.2 Å². The lowest BCUT2D eigenvalue weighted by Gasteiger charge is -2.13. The van der Waals surface area contributed by atoms with Gasteiger partial charge in [0.1, 0.15) is 24.8 Å². The first-order valence-electron chi connectivity index (χ1n) is 10.8. The van der Waals surface area contributed by atoms with Crippen molar-refractivity contribution < 1.29 is 32.6 Å². The molecule has 3 aromatic carbocycles. The largest absolute Gasteiger partial charge is 0.493 e. The topological polar surface area (TPSA) is 84.9 Å². The minimum atomic E-state index is -0.649. The fourth-order valence-electron chi connectivity index (χ4n) is 3.37. The number of nitrogens with zero attached hydrogens (tertiary/aromatic N) is 1. The molecule has 190 valence electrons. The minimum absolute atomic E-state index is 0.00649. The number of hydrogen-bond donors (Lipinski definition) is 1. The zero-order valence-corrected chi connectivity index (χ0v) is 20.9. The normalized spacial score (nSPS) is 14.3. The molecule has 1 heterocycles. The SMILES string of the molecule is COc1cc(/C=C2/SC(=O)N(CC(=O)Nc3ccc(F)c(Cl)c3)C2=O)ccc1OCc1ccccc1F. The van der Waals surface area contributed by atoms with Gasteiger partial charge in [0.25, 0.3) is 11.1 Å². The Balaban J connectivity index is 1.43. The number of methoxy groups -OCH3 is 1. The number of carbonyl (C=O) groups excluding carboxylic acids is 3. The van der Waals surface area contributed by atoms with Gasteiger partial charge in [-0.25, -0.2) is 8.78 Å². The molecule has 37 heavy (non-hydrogen) atoms. The van der Waals surface area contributed by atoms with E-state index in [-0.39, 0.29) is 28.0 Å². The van der Waals surface area contributed by atoms with Gasteiger partial charge in [-0.05, 0) is 59.8 Å². The Morgan fingerprint density at radius 2 is 1.84 bits per heavy atom. The maximum atomic E-state index is 13.9. The van der Waals surface area contributed by atoms with Gasteiger partial charge in [-0.1, -0.05) is 35.9 Å². The highest BCUT2D eigenvalue weighted by atomic mass is 35.5. The van der Waals surface area contributed by atoms with Crippen molar-refractivity contribution in [3.8, 4) is 11.5 Å². The lowest BCUT2D eigenvalue weighted by molar-refractivity contribution is -0.127. The summed E-state index contributed by atoms with van der Waals surface area (Å²) in [5, 5.41) is 1.69. The lowest BCUT2D eigenvalue weighted by atomic mass is 10.1. The van der Waals surface area contributed by atoms with Gasteiger partial charge >= 0.3 is 0 Å². The van der Waals surface area contributed by atoms with Crippen LogP contribution in [0.2, 0.25) is 5.02 Å². The number of ether oxygens (including phenoxy) is 2. The Kier molecular flexibility index (Phi) is 8.10. The highest BCUT2D eigenvalue weighted by Crippen LogP contribution is 2.35. The Bertz CT molecular complexity index is 1420. The van der Waals surface area contributed by atoms with E-state index < -0.39 is 29.4 Å². The fourth-order valence-corrected chi connectivity index (χ4v) is 4.39. The molecule has 4 rings (SSSR count). The summed E-state index contributed by atoms with van der Waals surface area (Å²) in [6.07, 6.45) is 1.49. The van der Waals surface area contributed by atoms with Crippen molar-refractivity contribution in [1.82, 2.24) is 4.90 Å². The third kappa shape index (κ3) is 6.28. The van der Waals surface area contributed by atoms with E-state index in [0.29, 0.717) is 34.4 Å². The Morgan fingerprint density at radius 3 is 2.57 bits per heavy atom. The molecule has 11 heteroatoms. The summed E-state index contributed by atoms with van der Waals surface area (Å²) >= 11 is 6.40. The van der Waals surface area contributed by atoms with Crippen LogP contribution in [0.3, 0.4) is 0 Å². The molecule has 0 bridgehead atoms. The number of nitrogens with one attached hydrogen (secondary N) is 1.